The summed E-state index contributed by atoms with van der Waals surface area (Å²) in [6.45, 7) is 5.79. The second kappa shape index (κ2) is 9.86. The molecule has 3 aromatic carbocycles. The summed E-state index contributed by atoms with van der Waals surface area (Å²) < 4.78 is 25.4. The van der Waals surface area contributed by atoms with E-state index < -0.39 is 0 Å². The summed E-state index contributed by atoms with van der Waals surface area (Å²) in [4.78, 5) is 0. The molecule has 0 aliphatic rings. The Bertz CT molecular complexity index is 895. The molecule has 0 aliphatic heterocycles. The zero-order chi connectivity index (χ0) is 19.8. The topological polar surface area (TPSA) is 18.5 Å². The SMILES string of the molecule is CCOCCOc1ccc(-c2ccc(C(F)=Cc3ccc(C)cc3)cc2)cc1. The minimum atomic E-state index is -0.242. The van der Waals surface area contributed by atoms with Crippen LogP contribution >= 0.6 is 0 Å². The molecule has 3 rings (SSSR count). The quantitative estimate of drug-likeness (QED) is 0.328. The van der Waals surface area contributed by atoms with Crippen molar-refractivity contribution in [2.24, 2.45) is 0 Å². The van der Waals surface area contributed by atoms with Crippen LogP contribution in [0.3, 0.4) is 0 Å². The first-order chi connectivity index (χ1) is 13.7. The molecule has 2 nitrogen and oxygen atoms in total. The second-order valence-corrected chi connectivity index (χ2v) is 6.55. The second-order valence-electron chi connectivity index (χ2n) is 6.55. The van der Waals surface area contributed by atoms with E-state index >= 15 is 0 Å². The molecule has 144 valence electrons. The Morgan fingerprint density at radius 2 is 1.43 bits per heavy atom. The number of hydrogen-bond donors (Lipinski definition) is 0. The highest BCUT2D eigenvalue weighted by atomic mass is 19.1. The Kier molecular flexibility index (Phi) is 6.99. The average molecular weight is 376 g/mol. The predicted octanol–water partition coefficient (Wildman–Crippen LogP) is 6.54. The zero-order valence-electron chi connectivity index (χ0n) is 16.3. The molecule has 0 aliphatic carbocycles. The predicted molar refractivity (Wildman–Crippen MR) is 114 cm³/mol. The van der Waals surface area contributed by atoms with Crippen molar-refractivity contribution in [3.8, 4) is 16.9 Å². The van der Waals surface area contributed by atoms with Gasteiger partial charge in [0.2, 0.25) is 0 Å². The smallest absolute Gasteiger partial charge is 0.131 e. The Hall–Kier alpha value is -2.91. The van der Waals surface area contributed by atoms with E-state index in [1.807, 2.05) is 86.6 Å². The van der Waals surface area contributed by atoms with Crippen LogP contribution in [0.1, 0.15) is 23.6 Å². The van der Waals surface area contributed by atoms with Gasteiger partial charge in [-0.2, -0.15) is 0 Å². The van der Waals surface area contributed by atoms with Crippen molar-refractivity contribution < 1.29 is 13.9 Å². The van der Waals surface area contributed by atoms with E-state index in [0.29, 0.717) is 25.4 Å². The summed E-state index contributed by atoms with van der Waals surface area (Å²) in [5, 5.41) is 0. The van der Waals surface area contributed by atoms with Crippen LogP contribution < -0.4 is 4.74 Å². The number of benzene rings is 3. The molecular weight excluding hydrogens is 351 g/mol. The lowest BCUT2D eigenvalue weighted by Gasteiger charge is -2.08. The minimum absolute atomic E-state index is 0.242. The highest BCUT2D eigenvalue weighted by Gasteiger charge is 2.03. The molecule has 0 heterocycles. The van der Waals surface area contributed by atoms with E-state index in [2.05, 4.69) is 0 Å². The van der Waals surface area contributed by atoms with Gasteiger partial charge < -0.3 is 9.47 Å². The number of rotatable bonds is 8. The summed E-state index contributed by atoms with van der Waals surface area (Å²) in [7, 11) is 0. The fraction of sp³-hybridized carbons (Fsp3) is 0.200. The van der Waals surface area contributed by atoms with E-state index in [-0.39, 0.29) is 5.83 Å². The monoisotopic (exact) mass is 376 g/mol. The van der Waals surface area contributed by atoms with Crippen LogP contribution in [0.15, 0.2) is 72.8 Å². The highest BCUT2D eigenvalue weighted by Crippen LogP contribution is 2.26. The van der Waals surface area contributed by atoms with Crippen LogP contribution in [-0.4, -0.2) is 19.8 Å². The maximum atomic E-state index is 14.5. The Balaban J connectivity index is 1.65. The van der Waals surface area contributed by atoms with E-state index in [1.165, 1.54) is 0 Å². The Morgan fingerprint density at radius 1 is 0.821 bits per heavy atom. The normalized spacial score (nSPS) is 11.5. The minimum Gasteiger partial charge on any atom is -0.491 e. The van der Waals surface area contributed by atoms with Gasteiger partial charge in [-0.05, 0) is 48.7 Å². The van der Waals surface area contributed by atoms with Gasteiger partial charge in [-0.3, -0.25) is 0 Å². The molecule has 3 heteroatoms. The first kappa shape index (κ1) is 19.8. The molecule has 28 heavy (non-hydrogen) atoms. The molecular formula is C25H25FO2. The number of hydrogen-bond acceptors (Lipinski definition) is 2. The van der Waals surface area contributed by atoms with Gasteiger partial charge in [0, 0.05) is 12.2 Å². The third kappa shape index (κ3) is 5.54. The molecule has 0 fully saturated rings. The first-order valence-corrected chi connectivity index (χ1v) is 9.51. The van der Waals surface area contributed by atoms with Crippen LogP contribution in [0.4, 0.5) is 4.39 Å². The summed E-state index contributed by atoms with van der Waals surface area (Å²) in [6.07, 6.45) is 1.56. The lowest BCUT2D eigenvalue weighted by atomic mass is 10.0. The van der Waals surface area contributed by atoms with Crippen molar-refractivity contribution >= 4 is 11.9 Å². The van der Waals surface area contributed by atoms with Crippen LogP contribution in [-0.2, 0) is 4.74 Å². The average Bonchev–Trinajstić information content (AvgIpc) is 2.73. The van der Waals surface area contributed by atoms with Crippen LogP contribution in [0.2, 0.25) is 0 Å². The van der Waals surface area contributed by atoms with Gasteiger partial charge in [0.1, 0.15) is 18.2 Å². The van der Waals surface area contributed by atoms with Crippen LogP contribution in [0.5, 0.6) is 5.75 Å². The molecule has 0 aromatic heterocycles. The number of aryl methyl sites for hydroxylation is 1. The fourth-order valence-electron chi connectivity index (χ4n) is 2.82. The summed E-state index contributed by atoms with van der Waals surface area (Å²) in [6, 6.07) is 23.2. The van der Waals surface area contributed by atoms with Gasteiger partial charge in [-0.25, -0.2) is 4.39 Å². The maximum Gasteiger partial charge on any atom is 0.131 e. The van der Waals surface area contributed by atoms with Gasteiger partial charge >= 0.3 is 0 Å². The molecule has 0 saturated carbocycles. The van der Waals surface area contributed by atoms with Crippen LogP contribution in [0, 0.1) is 6.92 Å². The van der Waals surface area contributed by atoms with Crippen LogP contribution in [0.25, 0.3) is 23.0 Å². The standard InChI is InChI=1S/C25H25FO2/c1-3-27-16-17-28-24-14-12-22(13-15-24)21-8-10-23(11-9-21)25(26)18-20-6-4-19(2)5-7-20/h4-15,18H,3,16-17H2,1-2H3. The molecule has 0 N–H and O–H groups in total. The van der Waals surface area contributed by atoms with E-state index in [9.17, 15) is 4.39 Å². The van der Waals surface area contributed by atoms with Gasteiger partial charge in [0.25, 0.3) is 0 Å². The van der Waals surface area contributed by atoms with Crippen molar-refractivity contribution in [2.45, 2.75) is 13.8 Å². The molecule has 0 saturated heterocycles. The summed E-state index contributed by atoms with van der Waals surface area (Å²) >= 11 is 0. The zero-order valence-corrected chi connectivity index (χ0v) is 16.3. The summed E-state index contributed by atoms with van der Waals surface area (Å²) in [5.74, 6) is 0.570. The van der Waals surface area contributed by atoms with Crippen molar-refractivity contribution in [3.05, 3.63) is 89.5 Å². The highest BCUT2D eigenvalue weighted by molar-refractivity contribution is 5.78. The van der Waals surface area contributed by atoms with Gasteiger partial charge in [-0.15, -0.1) is 0 Å². The maximum absolute atomic E-state index is 14.5. The Labute approximate surface area is 166 Å². The first-order valence-electron chi connectivity index (χ1n) is 9.51. The van der Waals surface area contributed by atoms with Crippen molar-refractivity contribution in [1.82, 2.24) is 0 Å². The molecule has 0 unspecified atom stereocenters. The fourth-order valence-corrected chi connectivity index (χ4v) is 2.82. The molecule has 0 bridgehead atoms. The molecule has 0 atom stereocenters. The van der Waals surface area contributed by atoms with E-state index in [0.717, 1.165) is 28.0 Å². The number of ether oxygens (including phenoxy) is 2. The van der Waals surface area contributed by atoms with E-state index in [1.54, 1.807) is 6.08 Å². The lowest BCUT2D eigenvalue weighted by Crippen LogP contribution is -2.06. The van der Waals surface area contributed by atoms with E-state index in [4.69, 9.17) is 9.47 Å². The largest absolute Gasteiger partial charge is 0.491 e. The number of halogens is 1. The van der Waals surface area contributed by atoms with Gasteiger partial charge in [0.05, 0.1) is 6.61 Å². The molecule has 0 spiro atoms. The van der Waals surface area contributed by atoms with Gasteiger partial charge in [-0.1, -0.05) is 66.2 Å². The third-order valence-electron chi connectivity index (χ3n) is 4.42. The molecule has 0 amide bonds. The lowest BCUT2D eigenvalue weighted by molar-refractivity contribution is 0.110. The Morgan fingerprint density at radius 3 is 2.04 bits per heavy atom. The third-order valence-corrected chi connectivity index (χ3v) is 4.42. The summed E-state index contributed by atoms with van der Waals surface area (Å²) in [5.41, 5.74) is 4.68. The molecule has 3 aromatic rings. The van der Waals surface area contributed by atoms with Crippen molar-refractivity contribution in [1.29, 1.82) is 0 Å². The molecule has 0 radical (unpaired) electrons. The van der Waals surface area contributed by atoms with Gasteiger partial charge in [0.15, 0.2) is 0 Å². The van der Waals surface area contributed by atoms with Crippen molar-refractivity contribution in [2.75, 3.05) is 19.8 Å². The van der Waals surface area contributed by atoms with Crippen molar-refractivity contribution in [3.63, 3.8) is 0 Å².